The molecule has 1 fully saturated rings. The van der Waals surface area contributed by atoms with Crippen molar-refractivity contribution in [3.63, 3.8) is 0 Å². The van der Waals surface area contributed by atoms with Crippen LogP contribution in [0.4, 0.5) is 5.82 Å². The zero-order valence-corrected chi connectivity index (χ0v) is 12.5. The van der Waals surface area contributed by atoms with E-state index >= 15 is 0 Å². The van der Waals surface area contributed by atoms with Crippen molar-refractivity contribution in [2.24, 2.45) is 7.05 Å². The van der Waals surface area contributed by atoms with E-state index in [9.17, 15) is 9.59 Å². The fraction of sp³-hybridized carbons (Fsp3) is 0.357. The standard InChI is InChI=1S/C14H16N4O2S/c1-17-13(19)3-2-12(16-17)18-6-4-11(8-18)15-14(20)10-5-7-21-9-10/h2-3,5,7,9,11H,4,6,8H2,1H3,(H,15,20). The van der Waals surface area contributed by atoms with Crippen molar-refractivity contribution >= 4 is 23.1 Å². The molecule has 1 amide bonds. The lowest BCUT2D eigenvalue weighted by Crippen LogP contribution is -2.37. The highest BCUT2D eigenvalue weighted by Crippen LogP contribution is 2.17. The Labute approximate surface area is 126 Å². The molecule has 110 valence electrons. The fourth-order valence-electron chi connectivity index (χ4n) is 2.41. The number of nitrogens with zero attached hydrogens (tertiary/aromatic N) is 3. The van der Waals surface area contributed by atoms with Gasteiger partial charge in [-0.25, -0.2) is 4.68 Å². The molecule has 0 radical (unpaired) electrons. The van der Waals surface area contributed by atoms with E-state index in [1.54, 1.807) is 13.1 Å². The molecule has 1 aliphatic heterocycles. The Bertz CT molecular complexity index is 695. The lowest BCUT2D eigenvalue weighted by atomic mass is 10.2. The zero-order valence-electron chi connectivity index (χ0n) is 11.7. The average Bonchev–Trinajstić information content (AvgIpc) is 3.12. The van der Waals surface area contributed by atoms with E-state index in [0.29, 0.717) is 12.1 Å². The number of nitrogens with one attached hydrogen (secondary N) is 1. The van der Waals surface area contributed by atoms with Gasteiger partial charge in [0.05, 0.1) is 0 Å². The van der Waals surface area contributed by atoms with Crippen LogP contribution in [0.25, 0.3) is 0 Å². The minimum atomic E-state index is -0.125. The summed E-state index contributed by atoms with van der Waals surface area (Å²) in [5, 5.41) is 11.0. The van der Waals surface area contributed by atoms with Crippen molar-refractivity contribution in [2.75, 3.05) is 18.0 Å². The first kappa shape index (κ1) is 13.8. The van der Waals surface area contributed by atoms with Gasteiger partial charge in [-0.1, -0.05) is 0 Å². The zero-order chi connectivity index (χ0) is 14.8. The molecule has 0 aliphatic carbocycles. The Morgan fingerprint density at radius 2 is 2.29 bits per heavy atom. The number of hydrogen-bond donors (Lipinski definition) is 1. The second-order valence-corrected chi connectivity index (χ2v) is 5.85. The van der Waals surface area contributed by atoms with E-state index in [4.69, 9.17) is 0 Å². The summed E-state index contributed by atoms with van der Waals surface area (Å²) < 4.78 is 1.33. The number of anilines is 1. The van der Waals surface area contributed by atoms with E-state index in [1.165, 1.54) is 22.1 Å². The first-order chi connectivity index (χ1) is 10.1. The first-order valence-corrected chi connectivity index (χ1v) is 7.70. The molecule has 6 nitrogen and oxygen atoms in total. The number of amides is 1. The number of hydrogen-bond acceptors (Lipinski definition) is 5. The molecule has 0 saturated carbocycles. The van der Waals surface area contributed by atoms with Crippen molar-refractivity contribution in [1.82, 2.24) is 15.1 Å². The van der Waals surface area contributed by atoms with Crippen LogP contribution in [0.1, 0.15) is 16.8 Å². The Balaban J connectivity index is 1.64. The van der Waals surface area contributed by atoms with Crippen molar-refractivity contribution in [3.05, 3.63) is 44.9 Å². The van der Waals surface area contributed by atoms with Crippen LogP contribution in [0.5, 0.6) is 0 Å². The predicted molar refractivity (Wildman–Crippen MR) is 81.9 cm³/mol. The van der Waals surface area contributed by atoms with Crippen molar-refractivity contribution < 1.29 is 4.79 Å². The van der Waals surface area contributed by atoms with Gasteiger partial charge in [0, 0.05) is 43.2 Å². The highest BCUT2D eigenvalue weighted by atomic mass is 32.1. The number of thiophene rings is 1. The van der Waals surface area contributed by atoms with Gasteiger partial charge in [-0.3, -0.25) is 9.59 Å². The average molecular weight is 304 g/mol. The number of carbonyl (C=O) groups excluding carboxylic acids is 1. The minimum Gasteiger partial charge on any atom is -0.353 e. The second-order valence-electron chi connectivity index (χ2n) is 5.07. The molecule has 0 spiro atoms. The summed E-state index contributed by atoms with van der Waals surface area (Å²) in [5.41, 5.74) is 0.582. The lowest BCUT2D eigenvalue weighted by molar-refractivity contribution is 0.0941. The Morgan fingerprint density at radius 1 is 1.43 bits per heavy atom. The molecule has 1 unspecified atom stereocenters. The van der Waals surface area contributed by atoms with Gasteiger partial charge in [-0.15, -0.1) is 0 Å². The van der Waals surface area contributed by atoms with Crippen LogP contribution < -0.4 is 15.8 Å². The largest absolute Gasteiger partial charge is 0.353 e. The molecule has 0 aromatic carbocycles. The van der Waals surface area contributed by atoms with Gasteiger partial charge in [0.25, 0.3) is 11.5 Å². The summed E-state index contributed by atoms with van der Waals surface area (Å²) in [6, 6.07) is 5.17. The first-order valence-electron chi connectivity index (χ1n) is 6.76. The van der Waals surface area contributed by atoms with Gasteiger partial charge in [-0.2, -0.15) is 16.4 Å². The molecule has 21 heavy (non-hydrogen) atoms. The summed E-state index contributed by atoms with van der Waals surface area (Å²) in [6.07, 6.45) is 0.875. The molecule has 7 heteroatoms. The smallest absolute Gasteiger partial charge is 0.266 e. The maximum absolute atomic E-state index is 12.0. The lowest BCUT2D eigenvalue weighted by Gasteiger charge is -2.18. The van der Waals surface area contributed by atoms with Gasteiger partial charge in [0.2, 0.25) is 0 Å². The van der Waals surface area contributed by atoms with Crippen LogP contribution in [0.2, 0.25) is 0 Å². The molecule has 2 aromatic rings. The third kappa shape index (κ3) is 2.97. The molecule has 1 saturated heterocycles. The highest BCUT2D eigenvalue weighted by Gasteiger charge is 2.25. The quantitative estimate of drug-likeness (QED) is 0.913. The van der Waals surface area contributed by atoms with Crippen molar-refractivity contribution in [3.8, 4) is 0 Å². The molecule has 2 aromatic heterocycles. The second kappa shape index (κ2) is 5.69. The van der Waals surface area contributed by atoms with Crippen molar-refractivity contribution in [1.29, 1.82) is 0 Å². The molecule has 3 rings (SSSR count). The Hall–Kier alpha value is -2.15. The Kier molecular flexibility index (Phi) is 3.74. The summed E-state index contributed by atoms with van der Waals surface area (Å²) in [4.78, 5) is 25.5. The van der Waals surface area contributed by atoms with Crippen LogP contribution in [0.15, 0.2) is 33.8 Å². The van der Waals surface area contributed by atoms with Crippen LogP contribution in [0, 0.1) is 0 Å². The SMILES string of the molecule is Cn1nc(N2CCC(NC(=O)c3ccsc3)C2)ccc1=O. The van der Waals surface area contributed by atoms with E-state index < -0.39 is 0 Å². The molecule has 0 bridgehead atoms. The molecule has 1 atom stereocenters. The Morgan fingerprint density at radius 3 is 3.00 bits per heavy atom. The predicted octanol–water partition coefficient (Wildman–Crippen LogP) is 0.850. The molecular weight excluding hydrogens is 288 g/mol. The maximum atomic E-state index is 12.0. The van der Waals surface area contributed by atoms with Crippen LogP contribution in [-0.2, 0) is 7.05 Å². The van der Waals surface area contributed by atoms with Gasteiger partial charge >= 0.3 is 0 Å². The van der Waals surface area contributed by atoms with Gasteiger partial charge < -0.3 is 10.2 Å². The number of carbonyl (C=O) groups is 1. The summed E-state index contributed by atoms with van der Waals surface area (Å²) in [7, 11) is 1.64. The van der Waals surface area contributed by atoms with E-state index in [0.717, 1.165) is 18.8 Å². The fourth-order valence-corrected chi connectivity index (χ4v) is 3.04. The summed E-state index contributed by atoms with van der Waals surface area (Å²) in [6.45, 7) is 1.53. The number of rotatable bonds is 3. The number of aryl methyl sites for hydroxylation is 1. The van der Waals surface area contributed by atoms with Gasteiger partial charge in [-0.05, 0) is 23.9 Å². The normalized spacial score (nSPS) is 18.0. The van der Waals surface area contributed by atoms with Crippen LogP contribution in [-0.4, -0.2) is 34.8 Å². The van der Waals surface area contributed by atoms with Crippen LogP contribution >= 0.6 is 11.3 Å². The molecule has 1 N–H and O–H groups in total. The summed E-state index contributed by atoms with van der Waals surface area (Å²) >= 11 is 1.51. The molecule has 3 heterocycles. The van der Waals surface area contributed by atoms with Crippen molar-refractivity contribution in [2.45, 2.75) is 12.5 Å². The third-order valence-corrected chi connectivity index (χ3v) is 4.26. The minimum absolute atomic E-state index is 0.0310. The topological polar surface area (TPSA) is 67.2 Å². The third-order valence-electron chi connectivity index (χ3n) is 3.58. The highest BCUT2D eigenvalue weighted by molar-refractivity contribution is 7.08. The number of aromatic nitrogens is 2. The summed E-state index contributed by atoms with van der Waals surface area (Å²) in [5.74, 6) is 0.737. The monoisotopic (exact) mass is 304 g/mol. The molecular formula is C14H16N4O2S. The maximum Gasteiger partial charge on any atom is 0.266 e. The van der Waals surface area contributed by atoms with Crippen LogP contribution in [0.3, 0.4) is 0 Å². The molecule has 1 aliphatic rings. The van der Waals surface area contributed by atoms with E-state index in [-0.39, 0.29) is 17.5 Å². The van der Waals surface area contributed by atoms with Gasteiger partial charge in [0.1, 0.15) is 5.82 Å². The van der Waals surface area contributed by atoms with E-state index in [1.807, 2.05) is 16.8 Å². The van der Waals surface area contributed by atoms with Gasteiger partial charge in [0.15, 0.2) is 0 Å². The van der Waals surface area contributed by atoms with E-state index in [2.05, 4.69) is 15.3 Å².